The highest BCUT2D eigenvalue weighted by Crippen LogP contribution is 2.13. The summed E-state index contributed by atoms with van der Waals surface area (Å²) < 4.78 is 0. The van der Waals surface area contributed by atoms with Gasteiger partial charge in [-0.3, -0.25) is 19.7 Å². The van der Waals surface area contributed by atoms with Crippen molar-refractivity contribution < 1.29 is 14.5 Å². The number of nitrogens with zero attached hydrogens (tertiary/aromatic N) is 3. The van der Waals surface area contributed by atoms with E-state index in [9.17, 15) is 19.7 Å². The second kappa shape index (κ2) is 9.58. The minimum Gasteiger partial charge on any atom is -0.330 e. The number of nitro benzene ring substituents is 1. The van der Waals surface area contributed by atoms with Crippen LogP contribution in [0.25, 0.3) is 6.08 Å². The van der Waals surface area contributed by atoms with Crippen molar-refractivity contribution in [2.24, 2.45) is 5.92 Å². The first kappa shape index (κ1) is 20.2. The third kappa shape index (κ3) is 6.63. The standard InChI is InChI=1S/C18H20N4O4S/c1-13(2)11-21(12-16(23)20-18-19-9-10-27-18)17(24)8-5-14-3-6-15(7-4-14)22(25)26/h3-10,13H,11-12H2,1-2H3,(H,19,20,23)/b8-5+. The molecule has 0 aliphatic heterocycles. The Labute approximate surface area is 160 Å². The summed E-state index contributed by atoms with van der Waals surface area (Å²) in [5, 5.41) is 15.6. The van der Waals surface area contributed by atoms with Crippen LogP contribution in [0.5, 0.6) is 0 Å². The van der Waals surface area contributed by atoms with Gasteiger partial charge in [0.2, 0.25) is 11.8 Å². The third-order valence-corrected chi connectivity index (χ3v) is 4.12. The van der Waals surface area contributed by atoms with E-state index in [1.165, 1.54) is 34.4 Å². The van der Waals surface area contributed by atoms with E-state index in [-0.39, 0.29) is 30.0 Å². The fourth-order valence-corrected chi connectivity index (χ4v) is 2.82. The van der Waals surface area contributed by atoms with E-state index in [0.717, 1.165) is 0 Å². The number of nitrogens with one attached hydrogen (secondary N) is 1. The highest BCUT2D eigenvalue weighted by molar-refractivity contribution is 7.13. The summed E-state index contributed by atoms with van der Waals surface area (Å²) in [6, 6.07) is 5.86. The maximum absolute atomic E-state index is 12.5. The minimum absolute atomic E-state index is 0.0150. The van der Waals surface area contributed by atoms with Crippen molar-refractivity contribution in [3.05, 3.63) is 57.6 Å². The number of non-ortho nitro benzene ring substituents is 1. The molecule has 142 valence electrons. The summed E-state index contributed by atoms with van der Waals surface area (Å²) in [6.07, 6.45) is 4.52. The van der Waals surface area contributed by atoms with E-state index in [1.807, 2.05) is 13.8 Å². The molecule has 1 aromatic carbocycles. The molecule has 1 heterocycles. The molecule has 0 unspecified atom stereocenters. The Bertz CT molecular complexity index is 816. The monoisotopic (exact) mass is 388 g/mol. The molecule has 0 aliphatic carbocycles. The summed E-state index contributed by atoms with van der Waals surface area (Å²) in [7, 11) is 0. The summed E-state index contributed by atoms with van der Waals surface area (Å²) in [5.41, 5.74) is 0.643. The van der Waals surface area contributed by atoms with Crippen LogP contribution < -0.4 is 5.32 Å². The Morgan fingerprint density at radius 2 is 2.04 bits per heavy atom. The number of nitro groups is 1. The maximum atomic E-state index is 12.5. The van der Waals surface area contributed by atoms with Gasteiger partial charge in [0, 0.05) is 36.3 Å². The van der Waals surface area contributed by atoms with Gasteiger partial charge in [-0.05, 0) is 29.7 Å². The van der Waals surface area contributed by atoms with Gasteiger partial charge < -0.3 is 10.2 Å². The zero-order chi connectivity index (χ0) is 19.8. The van der Waals surface area contributed by atoms with Crippen molar-refractivity contribution in [2.75, 3.05) is 18.4 Å². The molecule has 2 aromatic rings. The first-order chi connectivity index (χ1) is 12.8. The molecule has 9 heteroatoms. The first-order valence-electron chi connectivity index (χ1n) is 8.26. The van der Waals surface area contributed by atoms with Crippen LogP contribution in [0, 0.1) is 16.0 Å². The van der Waals surface area contributed by atoms with Gasteiger partial charge >= 0.3 is 0 Å². The zero-order valence-corrected chi connectivity index (χ0v) is 15.8. The van der Waals surface area contributed by atoms with Gasteiger partial charge in [0.1, 0.15) is 6.54 Å². The molecule has 0 fully saturated rings. The molecule has 2 amide bonds. The van der Waals surface area contributed by atoms with E-state index in [2.05, 4.69) is 10.3 Å². The summed E-state index contributed by atoms with van der Waals surface area (Å²) in [4.78, 5) is 40.3. The van der Waals surface area contributed by atoms with Crippen LogP contribution in [0.4, 0.5) is 10.8 Å². The third-order valence-electron chi connectivity index (χ3n) is 3.43. The Morgan fingerprint density at radius 1 is 1.33 bits per heavy atom. The van der Waals surface area contributed by atoms with E-state index in [0.29, 0.717) is 17.2 Å². The molecule has 0 saturated carbocycles. The lowest BCUT2D eigenvalue weighted by molar-refractivity contribution is -0.384. The van der Waals surface area contributed by atoms with E-state index < -0.39 is 4.92 Å². The van der Waals surface area contributed by atoms with Crippen molar-refractivity contribution in [2.45, 2.75) is 13.8 Å². The number of aromatic nitrogens is 1. The molecule has 27 heavy (non-hydrogen) atoms. The Hall–Kier alpha value is -3.07. The minimum atomic E-state index is -0.482. The molecule has 0 atom stereocenters. The average molecular weight is 388 g/mol. The van der Waals surface area contributed by atoms with Gasteiger partial charge in [-0.2, -0.15) is 0 Å². The van der Waals surface area contributed by atoms with Crippen LogP contribution in [0.3, 0.4) is 0 Å². The smallest absolute Gasteiger partial charge is 0.269 e. The van der Waals surface area contributed by atoms with Crippen molar-refractivity contribution in [1.82, 2.24) is 9.88 Å². The maximum Gasteiger partial charge on any atom is 0.269 e. The van der Waals surface area contributed by atoms with Crippen LogP contribution in [0.1, 0.15) is 19.4 Å². The van der Waals surface area contributed by atoms with E-state index in [1.54, 1.807) is 29.8 Å². The number of hydrogen-bond donors (Lipinski definition) is 1. The van der Waals surface area contributed by atoms with Gasteiger partial charge in [-0.25, -0.2) is 4.98 Å². The molecular weight excluding hydrogens is 368 g/mol. The van der Waals surface area contributed by atoms with Crippen LogP contribution in [-0.4, -0.2) is 39.7 Å². The summed E-state index contributed by atoms with van der Waals surface area (Å²) >= 11 is 1.30. The van der Waals surface area contributed by atoms with Gasteiger partial charge in [-0.1, -0.05) is 13.8 Å². The Morgan fingerprint density at radius 3 is 2.59 bits per heavy atom. The van der Waals surface area contributed by atoms with E-state index >= 15 is 0 Å². The lowest BCUT2D eigenvalue weighted by Gasteiger charge is -2.22. The normalized spacial score (nSPS) is 10.9. The molecule has 1 aromatic heterocycles. The van der Waals surface area contributed by atoms with Crippen molar-refractivity contribution >= 4 is 40.0 Å². The lowest BCUT2D eigenvalue weighted by Crippen LogP contribution is -2.39. The predicted octanol–water partition coefficient (Wildman–Crippen LogP) is 3.19. The number of amides is 2. The summed E-state index contributed by atoms with van der Waals surface area (Å²) in [5.74, 6) is -0.437. The van der Waals surface area contributed by atoms with E-state index in [4.69, 9.17) is 0 Å². The van der Waals surface area contributed by atoms with Crippen LogP contribution in [-0.2, 0) is 9.59 Å². The molecule has 0 saturated heterocycles. The summed E-state index contributed by atoms with van der Waals surface area (Å²) in [6.45, 7) is 4.26. The van der Waals surface area contributed by atoms with Crippen LogP contribution in [0.15, 0.2) is 41.9 Å². The molecule has 0 radical (unpaired) electrons. The fraction of sp³-hybridized carbons (Fsp3) is 0.278. The molecule has 1 N–H and O–H groups in total. The molecule has 2 rings (SSSR count). The topological polar surface area (TPSA) is 105 Å². The Balaban J connectivity index is 2.02. The molecule has 8 nitrogen and oxygen atoms in total. The average Bonchev–Trinajstić information content (AvgIpc) is 3.11. The number of carbonyl (C=O) groups is 2. The molecular formula is C18H20N4O4S. The molecule has 0 bridgehead atoms. The van der Waals surface area contributed by atoms with Gasteiger partial charge in [0.05, 0.1) is 4.92 Å². The van der Waals surface area contributed by atoms with Crippen molar-refractivity contribution in [3.63, 3.8) is 0 Å². The van der Waals surface area contributed by atoms with Crippen molar-refractivity contribution in [1.29, 1.82) is 0 Å². The number of thiazole rings is 1. The van der Waals surface area contributed by atoms with Gasteiger partial charge in [-0.15, -0.1) is 11.3 Å². The Kier molecular flexibility index (Phi) is 7.18. The quantitative estimate of drug-likeness (QED) is 0.425. The van der Waals surface area contributed by atoms with Crippen LogP contribution >= 0.6 is 11.3 Å². The lowest BCUT2D eigenvalue weighted by atomic mass is 10.1. The first-order valence-corrected chi connectivity index (χ1v) is 9.14. The fourth-order valence-electron chi connectivity index (χ4n) is 2.27. The van der Waals surface area contributed by atoms with Crippen molar-refractivity contribution in [3.8, 4) is 0 Å². The highest BCUT2D eigenvalue weighted by Gasteiger charge is 2.17. The number of rotatable bonds is 8. The number of hydrogen-bond acceptors (Lipinski definition) is 6. The highest BCUT2D eigenvalue weighted by atomic mass is 32.1. The van der Waals surface area contributed by atoms with Gasteiger partial charge in [0.25, 0.3) is 5.69 Å². The molecule has 0 aliphatic rings. The largest absolute Gasteiger partial charge is 0.330 e. The second-order valence-corrected chi connectivity index (χ2v) is 7.07. The number of anilines is 1. The number of carbonyl (C=O) groups excluding carboxylic acids is 2. The van der Waals surface area contributed by atoms with Gasteiger partial charge in [0.15, 0.2) is 5.13 Å². The zero-order valence-electron chi connectivity index (χ0n) is 15.0. The van der Waals surface area contributed by atoms with Crippen LogP contribution in [0.2, 0.25) is 0 Å². The molecule has 0 spiro atoms. The predicted molar refractivity (Wildman–Crippen MR) is 104 cm³/mol. The second-order valence-electron chi connectivity index (χ2n) is 6.18. The SMILES string of the molecule is CC(C)CN(CC(=O)Nc1nccs1)C(=O)/C=C/c1ccc([N+](=O)[O-])cc1. The number of benzene rings is 1.